The van der Waals surface area contributed by atoms with E-state index in [0.29, 0.717) is 23.0 Å². The van der Waals surface area contributed by atoms with Gasteiger partial charge in [-0.25, -0.2) is 19.3 Å². The maximum atomic E-state index is 13.6. The molecule has 34 heavy (non-hydrogen) atoms. The van der Waals surface area contributed by atoms with Gasteiger partial charge in [0.2, 0.25) is 5.95 Å². The highest BCUT2D eigenvalue weighted by molar-refractivity contribution is 5.80. The number of hydrogen-bond donors (Lipinski definition) is 3. The van der Waals surface area contributed by atoms with Gasteiger partial charge in [0.05, 0.1) is 35.4 Å². The van der Waals surface area contributed by atoms with Gasteiger partial charge in [0.15, 0.2) is 0 Å². The van der Waals surface area contributed by atoms with E-state index in [1.54, 1.807) is 18.3 Å². The molecule has 3 N–H and O–H groups in total. The first-order valence-electron chi connectivity index (χ1n) is 10.9. The first-order valence-corrected chi connectivity index (χ1v) is 10.9. The average molecular weight is 458 g/mol. The van der Waals surface area contributed by atoms with Crippen LogP contribution in [-0.2, 0) is 6.61 Å². The zero-order chi connectivity index (χ0) is 23.8. The number of imidazole rings is 1. The zero-order valence-corrected chi connectivity index (χ0v) is 19.0. The summed E-state index contributed by atoms with van der Waals surface area (Å²) < 4.78 is 15.5. The maximum Gasteiger partial charge on any atom is 0.223 e. The molecule has 0 fully saturated rings. The summed E-state index contributed by atoms with van der Waals surface area (Å²) in [6, 6.07) is 11.6. The topological polar surface area (TPSA) is 104 Å². The Morgan fingerprint density at radius 3 is 2.62 bits per heavy atom. The molecule has 0 aliphatic rings. The second kappa shape index (κ2) is 8.68. The van der Waals surface area contributed by atoms with E-state index in [-0.39, 0.29) is 18.5 Å². The minimum absolute atomic E-state index is 0.0557. The quantitative estimate of drug-likeness (QED) is 0.344. The van der Waals surface area contributed by atoms with Gasteiger partial charge >= 0.3 is 0 Å². The van der Waals surface area contributed by atoms with E-state index in [0.717, 1.165) is 33.8 Å². The van der Waals surface area contributed by atoms with Crippen LogP contribution in [0.5, 0.6) is 0 Å². The van der Waals surface area contributed by atoms with Crippen LogP contribution in [0, 0.1) is 19.7 Å². The molecule has 172 valence electrons. The highest BCUT2D eigenvalue weighted by atomic mass is 19.1. The molecule has 0 spiro atoms. The highest BCUT2D eigenvalue weighted by Crippen LogP contribution is 2.33. The first kappa shape index (κ1) is 21.7. The van der Waals surface area contributed by atoms with E-state index >= 15 is 0 Å². The van der Waals surface area contributed by atoms with Gasteiger partial charge in [0.25, 0.3) is 0 Å². The lowest BCUT2D eigenvalue weighted by atomic mass is 10.1. The summed E-state index contributed by atoms with van der Waals surface area (Å²) in [6.07, 6.45) is 3.55. The number of anilines is 1. The van der Waals surface area contributed by atoms with Crippen molar-refractivity contribution in [1.82, 2.24) is 29.5 Å². The Balaban J connectivity index is 1.61. The van der Waals surface area contributed by atoms with Crippen LogP contribution < -0.4 is 5.32 Å². The highest BCUT2D eigenvalue weighted by Gasteiger charge is 2.20. The summed E-state index contributed by atoms with van der Waals surface area (Å²) in [6.45, 7) is 5.90. The van der Waals surface area contributed by atoms with Crippen LogP contribution in [0.1, 0.15) is 35.5 Å². The van der Waals surface area contributed by atoms with Gasteiger partial charge in [-0.3, -0.25) is 9.50 Å². The average Bonchev–Trinajstić information content (AvgIpc) is 3.38. The second-order valence-electron chi connectivity index (χ2n) is 8.22. The molecule has 5 aromatic rings. The van der Waals surface area contributed by atoms with E-state index < -0.39 is 0 Å². The lowest BCUT2D eigenvalue weighted by Gasteiger charge is -2.15. The van der Waals surface area contributed by atoms with Gasteiger partial charge in [-0.05, 0) is 68.8 Å². The van der Waals surface area contributed by atoms with Crippen LogP contribution in [-0.4, -0.2) is 34.7 Å². The summed E-state index contributed by atoms with van der Waals surface area (Å²) >= 11 is 0. The molecule has 1 unspecified atom stereocenters. The van der Waals surface area contributed by atoms with Gasteiger partial charge in [0.1, 0.15) is 11.5 Å². The number of aromatic amines is 1. The number of halogens is 1. The molecule has 4 aromatic heterocycles. The summed E-state index contributed by atoms with van der Waals surface area (Å²) in [5.41, 5.74) is 7.24. The lowest BCUT2D eigenvalue weighted by molar-refractivity contribution is 0.282. The molecule has 1 aromatic carbocycles. The van der Waals surface area contributed by atoms with Crippen LogP contribution >= 0.6 is 0 Å². The number of aliphatic hydroxyl groups is 1. The molecule has 0 bridgehead atoms. The Hall–Kier alpha value is -4.11. The third-order valence-corrected chi connectivity index (χ3v) is 5.85. The molecule has 4 heterocycles. The van der Waals surface area contributed by atoms with Crippen molar-refractivity contribution in [2.24, 2.45) is 0 Å². The van der Waals surface area contributed by atoms with Gasteiger partial charge in [-0.1, -0.05) is 0 Å². The molecule has 0 radical (unpaired) electrons. The van der Waals surface area contributed by atoms with E-state index in [4.69, 9.17) is 9.97 Å². The fourth-order valence-corrected chi connectivity index (χ4v) is 4.26. The third kappa shape index (κ3) is 3.90. The molecule has 0 saturated carbocycles. The second-order valence-corrected chi connectivity index (χ2v) is 8.22. The number of hydrogen-bond acceptors (Lipinski definition) is 6. The minimum atomic E-state index is -0.316. The van der Waals surface area contributed by atoms with E-state index in [2.05, 4.69) is 20.5 Å². The third-order valence-electron chi connectivity index (χ3n) is 5.85. The van der Waals surface area contributed by atoms with Crippen LogP contribution in [0.4, 0.5) is 10.3 Å². The van der Waals surface area contributed by atoms with Crippen LogP contribution in [0.2, 0.25) is 0 Å². The number of fused-ring (bicyclic) bond motifs is 1. The Kier molecular flexibility index (Phi) is 5.54. The largest absolute Gasteiger partial charge is 0.392 e. The lowest BCUT2D eigenvalue weighted by Crippen LogP contribution is -2.11. The van der Waals surface area contributed by atoms with Crippen LogP contribution in [0.25, 0.3) is 28.3 Å². The van der Waals surface area contributed by atoms with E-state index in [1.807, 2.05) is 49.6 Å². The van der Waals surface area contributed by atoms with Crippen molar-refractivity contribution in [3.8, 4) is 22.6 Å². The number of aryl methyl sites for hydroxylation is 2. The predicted molar refractivity (Wildman–Crippen MR) is 128 cm³/mol. The molecule has 0 amide bonds. The SMILES string of the molecule is Cc1n[nH]c(C)c1C(C)Nc1nccc(-c2c(-c3ccc(F)cc3)nc3cc(CO)ccn23)n1. The molecule has 1 atom stereocenters. The van der Waals surface area contributed by atoms with Crippen molar-refractivity contribution in [3.05, 3.63) is 83.2 Å². The number of benzene rings is 1. The number of H-pyrrole nitrogens is 1. The van der Waals surface area contributed by atoms with Crippen molar-refractivity contribution in [2.45, 2.75) is 33.4 Å². The van der Waals surface area contributed by atoms with Crippen molar-refractivity contribution in [3.63, 3.8) is 0 Å². The Morgan fingerprint density at radius 1 is 1.12 bits per heavy atom. The maximum absolute atomic E-state index is 13.6. The first-order chi connectivity index (χ1) is 16.4. The minimum Gasteiger partial charge on any atom is -0.392 e. The summed E-state index contributed by atoms with van der Waals surface area (Å²) in [5.74, 6) is 0.154. The van der Waals surface area contributed by atoms with Crippen molar-refractivity contribution in [1.29, 1.82) is 0 Å². The normalized spacial score (nSPS) is 12.3. The number of pyridine rings is 1. The Labute approximate surface area is 195 Å². The van der Waals surface area contributed by atoms with Gasteiger partial charge in [-0.15, -0.1) is 0 Å². The number of nitrogens with one attached hydrogen (secondary N) is 2. The zero-order valence-electron chi connectivity index (χ0n) is 19.0. The predicted octanol–water partition coefficient (Wildman–Crippen LogP) is 4.60. The molecule has 5 rings (SSSR count). The Bertz CT molecular complexity index is 1450. The smallest absolute Gasteiger partial charge is 0.223 e. The van der Waals surface area contributed by atoms with Crippen molar-refractivity contribution >= 4 is 11.6 Å². The number of rotatable bonds is 6. The fourth-order valence-electron chi connectivity index (χ4n) is 4.26. The van der Waals surface area contributed by atoms with Gasteiger partial charge in [0, 0.05) is 29.2 Å². The number of aliphatic hydroxyl groups excluding tert-OH is 1. The van der Waals surface area contributed by atoms with Crippen LogP contribution in [0.3, 0.4) is 0 Å². The van der Waals surface area contributed by atoms with Crippen molar-refractivity contribution in [2.75, 3.05) is 5.32 Å². The van der Waals surface area contributed by atoms with Crippen molar-refractivity contribution < 1.29 is 9.50 Å². The molecule has 0 aliphatic heterocycles. The molecule has 8 nitrogen and oxygen atoms in total. The molecule has 9 heteroatoms. The molecular formula is C25H24FN7O. The molecule has 0 aliphatic carbocycles. The standard InChI is InChI=1S/C25H24FN7O/c1-14(22-15(2)31-32-16(22)3)28-25-27-10-8-20(29-25)24-23(18-4-6-19(26)7-5-18)30-21-12-17(13-34)9-11-33(21)24/h4-12,14,34H,13H2,1-3H3,(H,31,32)(H,27,28,29). The molecular weight excluding hydrogens is 433 g/mol. The van der Waals surface area contributed by atoms with Gasteiger partial charge in [-0.2, -0.15) is 5.10 Å². The Morgan fingerprint density at radius 2 is 1.91 bits per heavy atom. The van der Waals surface area contributed by atoms with Gasteiger partial charge < -0.3 is 10.4 Å². The fraction of sp³-hybridized carbons (Fsp3) is 0.200. The summed E-state index contributed by atoms with van der Waals surface area (Å²) in [5, 5.41) is 20.2. The van der Waals surface area contributed by atoms with E-state index in [1.165, 1.54) is 12.1 Å². The van der Waals surface area contributed by atoms with Crippen LogP contribution in [0.15, 0.2) is 54.9 Å². The summed E-state index contributed by atoms with van der Waals surface area (Å²) in [4.78, 5) is 14.0. The summed E-state index contributed by atoms with van der Waals surface area (Å²) in [7, 11) is 0. The monoisotopic (exact) mass is 457 g/mol. The molecule has 0 saturated heterocycles. The number of nitrogens with zero attached hydrogens (tertiary/aromatic N) is 5. The number of aromatic nitrogens is 6. The van der Waals surface area contributed by atoms with E-state index in [9.17, 15) is 9.50 Å².